The summed E-state index contributed by atoms with van der Waals surface area (Å²) in [5.41, 5.74) is -0.300. The van der Waals surface area contributed by atoms with Crippen LogP contribution in [0.4, 0.5) is 0 Å². The highest BCUT2D eigenvalue weighted by molar-refractivity contribution is 8.00. The lowest BCUT2D eigenvalue weighted by Crippen LogP contribution is -2.32. The van der Waals surface area contributed by atoms with E-state index in [0.29, 0.717) is 25.1 Å². The maximum atomic E-state index is 12.2. The Morgan fingerprint density at radius 1 is 1.12 bits per heavy atom. The number of hydrogen-bond donors (Lipinski definition) is 0. The van der Waals surface area contributed by atoms with E-state index in [2.05, 4.69) is 0 Å². The van der Waals surface area contributed by atoms with Crippen LogP contribution in [0.5, 0.6) is 0 Å². The minimum atomic E-state index is -0.334. The van der Waals surface area contributed by atoms with Gasteiger partial charge in [0.25, 0.3) is 0 Å². The lowest BCUT2D eigenvalue weighted by atomic mass is 9.88. The molecule has 1 fully saturated rings. The quantitative estimate of drug-likeness (QED) is 0.445. The number of rotatable bonds is 10. The molecule has 1 atom stereocenters. The number of carbonyl (C=O) groups is 4. The van der Waals surface area contributed by atoms with Gasteiger partial charge in [-0.3, -0.25) is 24.1 Å². The van der Waals surface area contributed by atoms with Gasteiger partial charge < -0.3 is 0 Å². The van der Waals surface area contributed by atoms with Gasteiger partial charge in [-0.2, -0.15) is 0 Å². The summed E-state index contributed by atoms with van der Waals surface area (Å²) in [6, 6.07) is 0. The molecule has 0 bridgehead atoms. The molecule has 0 radical (unpaired) electrons. The average molecular weight is 356 g/mol. The summed E-state index contributed by atoms with van der Waals surface area (Å²) in [7, 11) is 0. The molecule has 1 saturated heterocycles. The Balaban J connectivity index is 2.28. The zero-order valence-electron chi connectivity index (χ0n) is 15.2. The number of nitrogens with zero attached hydrogens (tertiary/aromatic N) is 1. The molecular formula is C18H29NO4S. The van der Waals surface area contributed by atoms with Crippen LogP contribution in [0.1, 0.15) is 66.2 Å². The second-order valence-electron chi connectivity index (χ2n) is 7.38. The third-order valence-corrected chi connectivity index (χ3v) is 5.31. The first kappa shape index (κ1) is 20.9. The Morgan fingerprint density at radius 3 is 2.38 bits per heavy atom. The fraction of sp³-hybridized carbons (Fsp3) is 0.778. The molecule has 0 spiro atoms. The summed E-state index contributed by atoms with van der Waals surface area (Å²) in [4.78, 5) is 48.3. The smallest absolute Gasteiger partial charge is 0.242 e. The minimum absolute atomic E-state index is 0.0981. The Bertz CT molecular complexity index is 496. The molecule has 1 heterocycles. The zero-order chi connectivity index (χ0) is 18.3. The number of Topliss-reactive ketones (excluding diaryl/α,β-unsaturated/α-hetero) is 2. The Hall–Kier alpha value is -1.17. The van der Waals surface area contributed by atoms with Gasteiger partial charge in [0.05, 0.1) is 5.25 Å². The summed E-state index contributed by atoms with van der Waals surface area (Å²) in [5, 5.41) is -0.334. The van der Waals surface area contributed by atoms with Crippen molar-refractivity contribution in [2.24, 2.45) is 5.41 Å². The molecule has 24 heavy (non-hydrogen) atoms. The Kier molecular flexibility index (Phi) is 8.13. The van der Waals surface area contributed by atoms with Crippen LogP contribution in [0.15, 0.2) is 0 Å². The molecule has 0 N–H and O–H groups in total. The third kappa shape index (κ3) is 6.75. The lowest BCUT2D eigenvalue weighted by Gasteiger charge is -2.17. The molecule has 0 aromatic rings. The van der Waals surface area contributed by atoms with Crippen LogP contribution in [-0.4, -0.2) is 45.8 Å². The van der Waals surface area contributed by atoms with Gasteiger partial charge in [0.2, 0.25) is 11.8 Å². The van der Waals surface area contributed by atoms with Crippen molar-refractivity contribution in [3.05, 3.63) is 0 Å². The van der Waals surface area contributed by atoms with Gasteiger partial charge in [-0.15, -0.1) is 11.8 Å². The molecule has 1 rings (SSSR count). The number of carbonyl (C=O) groups excluding carboxylic acids is 4. The SMILES string of the molecule is CC(=O)CCSC1CC(=O)N(CCCCCC(=O)C(C)(C)C)C1=O. The van der Waals surface area contributed by atoms with E-state index >= 15 is 0 Å². The van der Waals surface area contributed by atoms with Crippen LogP contribution >= 0.6 is 11.8 Å². The molecule has 0 aromatic heterocycles. The van der Waals surface area contributed by atoms with E-state index in [1.807, 2.05) is 20.8 Å². The number of unbranched alkanes of at least 4 members (excludes halogenated alkanes) is 2. The first-order valence-corrected chi connectivity index (χ1v) is 9.66. The standard InChI is InChI=1S/C18H29NO4S/c1-13(20)9-11-24-14-12-16(22)19(17(14)23)10-7-5-6-8-15(21)18(2,3)4/h14H,5-12H2,1-4H3. The van der Waals surface area contributed by atoms with Crippen molar-refractivity contribution in [1.82, 2.24) is 4.90 Å². The number of thioether (sulfide) groups is 1. The lowest BCUT2D eigenvalue weighted by molar-refractivity contribution is -0.138. The molecule has 0 saturated carbocycles. The fourth-order valence-corrected chi connectivity index (χ4v) is 3.69. The predicted octanol–water partition coefficient (Wildman–Crippen LogP) is 3.00. The van der Waals surface area contributed by atoms with Crippen LogP contribution in [0.25, 0.3) is 0 Å². The van der Waals surface area contributed by atoms with Gasteiger partial charge in [0.15, 0.2) is 0 Å². The summed E-state index contributed by atoms with van der Waals surface area (Å²) in [5.74, 6) is 0.686. The van der Waals surface area contributed by atoms with Crippen molar-refractivity contribution < 1.29 is 19.2 Å². The maximum Gasteiger partial charge on any atom is 0.242 e. The summed E-state index contributed by atoms with van der Waals surface area (Å²) < 4.78 is 0. The summed E-state index contributed by atoms with van der Waals surface area (Å²) in [6.07, 6.45) is 3.59. The Labute approximate surface area is 148 Å². The van der Waals surface area contributed by atoms with E-state index in [1.165, 1.54) is 23.6 Å². The summed E-state index contributed by atoms with van der Waals surface area (Å²) >= 11 is 1.40. The van der Waals surface area contributed by atoms with E-state index in [-0.39, 0.29) is 40.5 Å². The molecule has 1 aliphatic rings. The molecule has 136 valence electrons. The molecule has 0 aliphatic carbocycles. The van der Waals surface area contributed by atoms with Crippen molar-refractivity contribution in [2.45, 2.75) is 71.5 Å². The van der Waals surface area contributed by atoms with Crippen molar-refractivity contribution in [1.29, 1.82) is 0 Å². The second kappa shape index (κ2) is 9.35. The molecule has 1 unspecified atom stereocenters. The maximum absolute atomic E-state index is 12.2. The normalized spacial score (nSPS) is 18.3. The van der Waals surface area contributed by atoms with Crippen LogP contribution in [-0.2, 0) is 19.2 Å². The first-order valence-electron chi connectivity index (χ1n) is 8.61. The topological polar surface area (TPSA) is 71.5 Å². The molecular weight excluding hydrogens is 326 g/mol. The monoisotopic (exact) mass is 355 g/mol. The van der Waals surface area contributed by atoms with Crippen molar-refractivity contribution in [2.75, 3.05) is 12.3 Å². The molecule has 5 nitrogen and oxygen atoms in total. The van der Waals surface area contributed by atoms with Crippen molar-refractivity contribution in [3.8, 4) is 0 Å². The molecule has 1 aliphatic heterocycles. The Morgan fingerprint density at radius 2 is 1.79 bits per heavy atom. The number of ketones is 2. The minimum Gasteiger partial charge on any atom is -0.300 e. The van der Waals surface area contributed by atoms with E-state index in [9.17, 15) is 19.2 Å². The molecule has 0 aromatic carbocycles. The van der Waals surface area contributed by atoms with Crippen LogP contribution in [0.2, 0.25) is 0 Å². The molecule has 6 heteroatoms. The predicted molar refractivity (Wildman–Crippen MR) is 95.8 cm³/mol. The molecule has 2 amide bonds. The highest BCUT2D eigenvalue weighted by atomic mass is 32.2. The summed E-state index contributed by atoms with van der Waals surface area (Å²) in [6.45, 7) is 7.71. The van der Waals surface area contributed by atoms with Crippen LogP contribution < -0.4 is 0 Å². The van der Waals surface area contributed by atoms with Crippen LogP contribution in [0, 0.1) is 5.41 Å². The number of imide groups is 1. The third-order valence-electron chi connectivity index (χ3n) is 4.10. The van der Waals surface area contributed by atoms with E-state index in [1.54, 1.807) is 0 Å². The largest absolute Gasteiger partial charge is 0.300 e. The van der Waals surface area contributed by atoms with Gasteiger partial charge in [0, 0.05) is 37.0 Å². The van der Waals surface area contributed by atoms with E-state index in [4.69, 9.17) is 0 Å². The number of likely N-dealkylation sites (tertiary alicyclic amines) is 1. The van der Waals surface area contributed by atoms with Crippen molar-refractivity contribution in [3.63, 3.8) is 0 Å². The second-order valence-corrected chi connectivity index (χ2v) is 8.69. The van der Waals surface area contributed by atoms with Gasteiger partial charge in [0.1, 0.15) is 11.6 Å². The van der Waals surface area contributed by atoms with Gasteiger partial charge in [-0.05, 0) is 19.8 Å². The number of amides is 2. The first-order chi connectivity index (χ1) is 11.1. The van der Waals surface area contributed by atoms with Gasteiger partial charge >= 0.3 is 0 Å². The number of hydrogen-bond acceptors (Lipinski definition) is 5. The highest BCUT2D eigenvalue weighted by Gasteiger charge is 2.38. The zero-order valence-corrected chi connectivity index (χ0v) is 16.0. The van der Waals surface area contributed by atoms with Crippen LogP contribution in [0.3, 0.4) is 0 Å². The van der Waals surface area contributed by atoms with E-state index in [0.717, 1.165) is 19.3 Å². The van der Waals surface area contributed by atoms with Gasteiger partial charge in [-0.25, -0.2) is 0 Å². The van der Waals surface area contributed by atoms with Gasteiger partial charge in [-0.1, -0.05) is 27.2 Å². The average Bonchev–Trinajstić information content (AvgIpc) is 2.72. The highest BCUT2D eigenvalue weighted by Crippen LogP contribution is 2.26. The fourth-order valence-electron chi connectivity index (χ4n) is 2.47. The van der Waals surface area contributed by atoms with Crippen molar-refractivity contribution >= 4 is 35.1 Å². The van der Waals surface area contributed by atoms with E-state index < -0.39 is 0 Å².